The van der Waals surface area contributed by atoms with Crippen molar-refractivity contribution in [3.8, 4) is 5.75 Å². The molecule has 3 atom stereocenters. The quantitative estimate of drug-likeness (QED) is 0.751. The molecule has 5 heteroatoms. The van der Waals surface area contributed by atoms with Gasteiger partial charge >= 0.3 is 6.09 Å². The summed E-state index contributed by atoms with van der Waals surface area (Å²) < 4.78 is 5.13. The molecule has 1 amide bonds. The summed E-state index contributed by atoms with van der Waals surface area (Å²) in [5.74, 6) is 0.445. The molecule has 1 aromatic rings. The third-order valence-corrected chi connectivity index (χ3v) is 2.95. The molecule has 0 saturated carbocycles. The molecule has 2 N–H and O–H groups in total. The molecular formula is C12H15NO4. The van der Waals surface area contributed by atoms with Gasteiger partial charge in [0.15, 0.2) is 0 Å². The van der Waals surface area contributed by atoms with Crippen molar-refractivity contribution < 1.29 is 19.7 Å². The van der Waals surface area contributed by atoms with E-state index in [1.54, 1.807) is 31.2 Å². The summed E-state index contributed by atoms with van der Waals surface area (Å²) >= 11 is 0. The first-order valence-electron chi connectivity index (χ1n) is 5.49. The lowest BCUT2D eigenvalue weighted by Crippen LogP contribution is -2.39. The van der Waals surface area contributed by atoms with Crippen LogP contribution in [0, 0.1) is 0 Å². The first-order chi connectivity index (χ1) is 8.09. The minimum Gasteiger partial charge on any atom is -0.410 e. The highest BCUT2D eigenvalue weighted by molar-refractivity contribution is 5.71. The van der Waals surface area contributed by atoms with Gasteiger partial charge in [-0.1, -0.05) is 18.2 Å². The Balaban J connectivity index is 2.02. The van der Waals surface area contributed by atoms with E-state index in [9.17, 15) is 15.0 Å². The lowest BCUT2D eigenvalue weighted by Gasteiger charge is -2.21. The van der Waals surface area contributed by atoms with Crippen LogP contribution in [0.2, 0.25) is 0 Å². The molecule has 1 aromatic carbocycles. The molecule has 0 aliphatic carbocycles. The second-order valence-corrected chi connectivity index (χ2v) is 4.13. The SMILES string of the molecule is C[C@@H]1[C@H](O)C(O)CN1C(=O)Oc1ccccc1. The number of carbonyl (C=O) groups excluding carboxylic acids is 1. The number of β-amino-alcohol motifs (C(OH)–C–C–N with tert-alkyl or cyclic N) is 1. The van der Waals surface area contributed by atoms with Gasteiger partial charge in [0.05, 0.1) is 18.7 Å². The predicted octanol–water partition coefficient (Wildman–Crippen LogP) is 0.611. The molecule has 0 aromatic heterocycles. The van der Waals surface area contributed by atoms with E-state index in [1.807, 2.05) is 6.07 Å². The second-order valence-electron chi connectivity index (χ2n) is 4.13. The molecule has 1 aliphatic heterocycles. The van der Waals surface area contributed by atoms with Crippen LogP contribution in [0.1, 0.15) is 6.92 Å². The maximum absolute atomic E-state index is 11.8. The van der Waals surface area contributed by atoms with Crippen LogP contribution >= 0.6 is 0 Å². The predicted molar refractivity (Wildman–Crippen MR) is 60.6 cm³/mol. The van der Waals surface area contributed by atoms with E-state index < -0.39 is 24.3 Å². The van der Waals surface area contributed by atoms with Crippen molar-refractivity contribution in [2.24, 2.45) is 0 Å². The number of para-hydroxylation sites is 1. The van der Waals surface area contributed by atoms with E-state index in [2.05, 4.69) is 0 Å². The Morgan fingerprint density at radius 1 is 1.35 bits per heavy atom. The Labute approximate surface area is 99.2 Å². The van der Waals surface area contributed by atoms with Crippen LogP contribution in [0.25, 0.3) is 0 Å². The normalized spacial score (nSPS) is 28.2. The number of carbonyl (C=O) groups is 1. The first kappa shape index (κ1) is 11.9. The fraction of sp³-hybridized carbons (Fsp3) is 0.417. The summed E-state index contributed by atoms with van der Waals surface area (Å²) in [5, 5.41) is 19.0. The van der Waals surface area contributed by atoms with E-state index in [1.165, 1.54) is 4.90 Å². The number of ether oxygens (including phenoxy) is 1. The average molecular weight is 237 g/mol. The topological polar surface area (TPSA) is 70.0 Å². The van der Waals surface area contributed by atoms with Gasteiger partial charge in [0.25, 0.3) is 0 Å². The Hall–Kier alpha value is -1.59. The van der Waals surface area contributed by atoms with E-state index in [4.69, 9.17) is 4.74 Å². The average Bonchev–Trinajstić information content (AvgIpc) is 2.58. The monoisotopic (exact) mass is 237 g/mol. The van der Waals surface area contributed by atoms with Gasteiger partial charge in [-0.3, -0.25) is 4.90 Å². The summed E-state index contributed by atoms with van der Waals surface area (Å²) in [5.41, 5.74) is 0. The summed E-state index contributed by atoms with van der Waals surface area (Å²) in [6.45, 7) is 1.77. The Morgan fingerprint density at radius 2 is 2.00 bits per heavy atom. The van der Waals surface area contributed by atoms with Gasteiger partial charge < -0.3 is 14.9 Å². The van der Waals surface area contributed by atoms with Crippen LogP contribution in [0.15, 0.2) is 30.3 Å². The molecule has 1 heterocycles. The highest BCUT2D eigenvalue weighted by Crippen LogP contribution is 2.20. The smallest absolute Gasteiger partial charge is 0.410 e. The highest BCUT2D eigenvalue weighted by Gasteiger charge is 2.40. The van der Waals surface area contributed by atoms with Crippen molar-refractivity contribution in [2.45, 2.75) is 25.2 Å². The van der Waals surface area contributed by atoms with Crippen molar-refractivity contribution in [3.05, 3.63) is 30.3 Å². The standard InChI is InChI=1S/C12H15NO4/c1-8-11(15)10(14)7-13(8)12(16)17-9-5-3-2-4-6-9/h2-6,8,10-11,14-15H,7H2,1H3/t8-,10?,11+/m1/s1. The maximum Gasteiger partial charge on any atom is 0.415 e. The number of rotatable bonds is 1. The van der Waals surface area contributed by atoms with Crippen LogP contribution < -0.4 is 4.74 Å². The number of hydrogen-bond acceptors (Lipinski definition) is 4. The van der Waals surface area contributed by atoms with Crippen LogP contribution in [0.3, 0.4) is 0 Å². The molecule has 92 valence electrons. The van der Waals surface area contributed by atoms with Gasteiger partial charge in [-0.15, -0.1) is 0 Å². The molecule has 1 aliphatic rings. The molecule has 0 bridgehead atoms. The number of likely N-dealkylation sites (tertiary alicyclic amines) is 1. The zero-order valence-corrected chi connectivity index (χ0v) is 9.48. The number of hydrogen-bond donors (Lipinski definition) is 2. The van der Waals surface area contributed by atoms with Crippen molar-refractivity contribution in [3.63, 3.8) is 0 Å². The van der Waals surface area contributed by atoms with Crippen molar-refractivity contribution in [2.75, 3.05) is 6.54 Å². The fourth-order valence-electron chi connectivity index (χ4n) is 1.87. The number of aliphatic hydroxyl groups is 2. The van der Waals surface area contributed by atoms with Gasteiger partial charge in [0.2, 0.25) is 0 Å². The van der Waals surface area contributed by atoms with E-state index in [0.717, 1.165) is 0 Å². The van der Waals surface area contributed by atoms with Gasteiger partial charge in [-0.05, 0) is 19.1 Å². The Bertz CT molecular complexity index is 395. The summed E-state index contributed by atoms with van der Waals surface area (Å²) in [4.78, 5) is 13.1. The van der Waals surface area contributed by atoms with Crippen LogP contribution in [0.5, 0.6) is 5.75 Å². The van der Waals surface area contributed by atoms with E-state index in [0.29, 0.717) is 5.75 Å². The largest absolute Gasteiger partial charge is 0.415 e. The molecular weight excluding hydrogens is 222 g/mol. The molecule has 1 unspecified atom stereocenters. The maximum atomic E-state index is 11.8. The van der Waals surface area contributed by atoms with E-state index in [-0.39, 0.29) is 6.54 Å². The first-order valence-corrected chi connectivity index (χ1v) is 5.49. The number of amides is 1. The van der Waals surface area contributed by atoms with Crippen LogP contribution in [-0.4, -0.2) is 46.0 Å². The second kappa shape index (κ2) is 4.73. The van der Waals surface area contributed by atoms with Crippen molar-refractivity contribution in [1.29, 1.82) is 0 Å². The number of benzene rings is 1. The van der Waals surface area contributed by atoms with Crippen molar-refractivity contribution in [1.82, 2.24) is 4.90 Å². The summed E-state index contributed by atoms with van der Waals surface area (Å²) in [6.07, 6.45) is -2.38. The zero-order valence-electron chi connectivity index (χ0n) is 9.48. The van der Waals surface area contributed by atoms with Gasteiger partial charge in [-0.2, -0.15) is 0 Å². The summed E-state index contributed by atoms with van der Waals surface area (Å²) in [7, 11) is 0. The molecule has 1 fully saturated rings. The number of nitrogens with zero attached hydrogens (tertiary/aromatic N) is 1. The molecule has 2 rings (SSSR count). The molecule has 0 radical (unpaired) electrons. The third-order valence-electron chi connectivity index (χ3n) is 2.95. The zero-order chi connectivity index (χ0) is 12.4. The summed E-state index contributed by atoms with van der Waals surface area (Å²) in [6, 6.07) is 8.25. The Morgan fingerprint density at radius 3 is 2.53 bits per heavy atom. The minimum atomic E-state index is -0.918. The highest BCUT2D eigenvalue weighted by atomic mass is 16.6. The third kappa shape index (κ3) is 2.40. The Kier molecular flexibility index (Phi) is 3.31. The lowest BCUT2D eigenvalue weighted by atomic mass is 10.2. The van der Waals surface area contributed by atoms with Crippen molar-refractivity contribution >= 4 is 6.09 Å². The lowest BCUT2D eigenvalue weighted by molar-refractivity contribution is 0.0416. The van der Waals surface area contributed by atoms with Gasteiger partial charge in [-0.25, -0.2) is 4.79 Å². The van der Waals surface area contributed by atoms with Crippen LogP contribution in [0.4, 0.5) is 4.79 Å². The van der Waals surface area contributed by atoms with Gasteiger partial charge in [0.1, 0.15) is 11.9 Å². The van der Waals surface area contributed by atoms with Crippen LogP contribution in [-0.2, 0) is 0 Å². The fourth-order valence-corrected chi connectivity index (χ4v) is 1.87. The molecule has 1 saturated heterocycles. The molecule has 0 spiro atoms. The number of aliphatic hydroxyl groups excluding tert-OH is 2. The van der Waals surface area contributed by atoms with Gasteiger partial charge in [0, 0.05) is 0 Å². The molecule has 5 nitrogen and oxygen atoms in total. The molecule has 17 heavy (non-hydrogen) atoms. The minimum absolute atomic E-state index is 0.0913. The van der Waals surface area contributed by atoms with E-state index >= 15 is 0 Å².